The molecular formula is C25H32N2O4. The molecule has 1 aromatic heterocycles. The van der Waals surface area contributed by atoms with Crippen molar-refractivity contribution in [2.75, 3.05) is 0 Å². The molecule has 31 heavy (non-hydrogen) atoms. The Morgan fingerprint density at radius 2 is 1.32 bits per heavy atom. The number of hydrogen-bond donors (Lipinski definition) is 2. The number of carbonyl (C=O) groups is 2. The number of rotatable bonds is 3. The standard InChI is InChI=1S/C25H32N2O4/c1-14-19(22(28)30-24(3,4)5)21(17-13-26-18-12-10-9-11-16(17)18)20(15(2)27-14)23(29)31-25(6,7)8/h9-13,21,26-27H,1-8H3. The maximum Gasteiger partial charge on any atom is 0.337 e. The smallest absolute Gasteiger partial charge is 0.337 e. The first-order valence-electron chi connectivity index (χ1n) is 10.5. The number of para-hydroxylation sites is 1. The van der Waals surface area contributed by atoms with Crippen LogP contribution in [0.5, 0.6) is 0 Å². The zero-order valence-electron chi connectivity index (χ0n) is 19.6. The van der Waals surface area contributed by atoms with E-state index < -0.39 is 29.1 Å². The number of H-pyrrole nitrogens is 1. The third-order valence-corrected chi connectivity index (χ3v) is 4.93. The molecule has 0 saturated carbocycles. The van der Waals surface area contributed by atoms with Crippen molar-refractivity contribution in [2.24, 2.45) is 0 Å². The monoisotopic (exact) mass is 424 g/mol. The van der Waals surface area contributed by atoms with Gasteiger partial charge in [-0.05, 0) is 67.0 Å². The summed E-state index contributed by atoms with van der Waals surface area (Å²) in [6.45, 7) is 14.6. The number of fused-ring (bicyclic) bond motifs is 1. The molecule has 0 fully saturated rings. The molecule has 0 unspecified atom stereocenters. The molecule has 2 N–H and O–H groups in total. The minimum Gasteiger partial charge on any atom is -0.457 e. The fraction of sp³-hybridized carbons (Fsp3) is 0.440. The molecule has 0 atom stereocenters. The number of hydrogen-bond acceptors (Lipinski definition) is 5. The van der Waals surface area contributed by atoms with Gasteiger partial charge in [0.15, 0.2) is 0 Å². The molecule has 0 saturated heterocycles. The number of nitrogens with one attached hydrogen (secondary N) is 2. The second-order valence-corrected chi connectivity index (χ2v) is 9.93. The van der Waals surface area contributed by atoms with E-state index >= 15 is 0 Å². The SMILES string of the molecule is CC1=C(C(=O)OC(C)(C)C)C(c2c[nH]c3ccccc23)C(C(=O)OC(C)(C)C)=C(C)N1. The zero-order valence-corrected chi connectivity index (χ0v) is 19.6. The van der Waals surface area contributed by atoms with Crippen LogP contribution in [0.1, 0.15) is 66.9 Å². The van der Waals surface area contributed by atoms with Crippen molar-refractivity contribution >= 4 is 22.8 Å². The van der Waals surface area contributed by atoms with E-state index in [0.717, 1.165) is 16.5 Å². The first-order valence-corrected chi connectivity index (χ1v) is 10.5. The molecule has 2 aromatic rings. The van der Waals surface area contributed by atoms with Gasteiger partial charge in [0.2, 0.25) is 0 Å². The van der Waals surface area contributed by atoms with E-state index in [-0.39, 0.29) is 0 Å². The van der Waals surface area contributed by atoms with Crippen molar-refractivity contribution in [1.29, 1.82) is 0 Å². The lowest BCUT2D eigenvalue weighted by molar-refractivity contribution is -0.150. The van der Waals surface area contributed by atoms with Crippen molar-refractivity contribution < 1.29 is 19.1 Å². The van der Waals surface area contributed by atoms with Crippen LogP contribution in [0, 0.1) is 0 Å². The topological polar surface area (TPSA) is 80.4 Å². The van der Waals surface area contributed by atoms with Gasteiger partial charge in [-0.25, -0.2) is 9.59 Å². The average molecular weight is 425 g/mol. The Hall–Kier alpha value is -3.02. The van der Waals surface area contributed by atoms with Crippen LogP contribution in [0.2, 0.25) is 0 Å². The van der Waals surface area contributed by atoms with Gasteiger partial charge in [-0.1, -0.05) is 18.2 Å². The summed E-state index contributed by atoms with van der Waals surface area (Å²) in [6.07, 6.45) is 1.86. The molecule has 0 amide bonds. The molecule has 2 heterocycles. The number of benzene rings is 1. The van der Waals surface area contributed by atoms with Crippen LogP contribution in [0.3, 0.4) is 0 Å². The summed E-state index contributed by atoms with van der Waals surface area (Å²) in [4.78, 5) is 29.9. The third kappa shape index (κ3) is 4.84. The van der Waals surface area contributed by atoms with E-state index in [1.807, 2.05) is 85.9 Å². The fourth-order valence-corrected chi connectivity index (χ4v) is 3.85. The van der Waals surface area contributed by atoms with Gasteiger partial charge in [-0.15, -0.1) is 0 Å². The first kappa shape index (κ1) is 22.7. The molecule has 0 aliphatic carbocycles. The predicted molar refractivity (Wildman–Crippen MR) is 121 cm³/mol. The Morgan fingerprint density at radius 3 is 1.81 bits per heavy atom. The number of ether oxygens (including phenoxy) is 2. The van der Waals surface area contributed by atoms with Crippen molar-refractivity contribution in [2.45, 2.75) is 72.5 Å². The quantitative estimate of drug-likeness (QED) is 0.671. The predicted octanol–water partition coefficient (Wildman–Crippen LogP) is 5.09. The van der Waals surface area contributed by atoms with Crippen LogP contribution in [-0.2, 0) is 19.1 Å². The van der Waals surface area contributed by atoms with Crippen molar-refractivity contribution in [3.63, 3.8) is 0 Å². The highest BCUT2D eigenvalue weighted by Crippen LogP contribution is 2.42. The molecule has 3 rings (SSSR count). The number of aromatic amines is 1. The van der Waals surface area contributed by atoms with Crippen LogP contribution in [-0.4, -0.2) is 28.1 Å². The molecule has 6 nitrogen and oxygen atoms in total. The molecular weight excluding hydrogens is 392 g/mol. The Balaban J connectivity index is 2.22. The van der Waals surface area contributed by atoms with E-state index in [2.05, 4.69) is 10.3 Å². The molecule has 166 valence electrons. The minimum atomic E-state index is -0.669. The number of allylic oxidation sites excluding steroid dienone is 2. The maximum absolute atomic E-state index is 13.3. The second kappa shape index (κ2) is 7.91. The molecule has 1 aliphatic rings. The maximum atomic E-state index is 13.3. The van der Waals surface area contributed by atoms with Crippen LogP contribution in [0.4, 0.5) is 0 Å². The van der Waals surface area contributed by atoms with Crippen molar-refractivity contribution in [3.8, 4) is 0 Å². The summed E-state index contributed by atoms with van der Waals surface area (Å²) in [5.74, 6) is -1.54. The summed E-state index contributed by atoms with van der Waals surface area (Å²) >= 11 is 0. The number of esters is 2. The lowest BCUT2D eigenvalue weighted by Gasteiger charge is -2.33. The summed E-state index contributed by atoms with van der Waals surface area (Å²) in [5, 5.41) is 4.14. The zero-order chi connectivity index (χ0) is 23.1. The highest BCUT2D eigenvalue weighted by atomic mass is 16.6. The lowest BCUT2D eigenvalue weighted by atomic mass is 9.80. The summed E-state index contributed by atoms with van der Waals surface area (Å²) < 4.78 is 11.5. The van der Waals surface area contributed by atoms with E-state index in [4.69, 9.17) is 9.47 Å². The first-order chi connectivity index (χ1) is 14.3. The molecule has 1 aliphatic heterocycles. The van der Waals surface area contributed by atoms with E-state index in [1.54, 1.807) is 0 Å². The van der Waals surface area contributed by atoms with Crippen LogP contribution >= 0.6 is 0 Å². The van der Waals surface area contributed by atoms with Crippen LogP contribution in [0.15, 0.2) is 53.0 Å². The minimum absolute atomic E-state index is 0.408. The van der Waals surface area contributed by atoms with Crippen LogP contribution in [0.25, 0.3) is 10.9 Å². The summed E-state index contributed by atoms with van der Waals surface area (Å²) in [5.41, 5.74) is 2.56. The molecule has 0 radical (unpaired) electrons. The van der Waals surface area contributed by atoms with Gasteiger partial charge in [0.05, 0.1) is 17.1 Å². The van der Waals surface area contributed by atoms with Gasteiger partial charge < -0.3 is 19.8 Å². The van der Waals surface area contributed by atoms with E-state index in [9.17, 15) is 9.59 Å². The second-order valence-electron chi connectivity index (χ2n) is 9.93. The fourth-order valence-electron chi connectivity index (χ4n) is 3.85. The van der Waals surface area contributed by atoms with Crippen molar-refractivity contribution in [3.05, 3.63) is 58.6 Å². The lowest BCUT2D eigenvalue weighted by Crippen LogP contribution is -2.36. The van der Waals surface area contributed by atoms with Crippen molar-refractivity contribution in [1.82, 2.24) is 10.3 Å². The molecule has 6 heteroatoms. The Labute approximate surface area is 183 Å². The van der Waals surface area contributed by atoms with E-state index in [1.165, 1.54) is 0 Å². The molecule has 0 spiro atoms. The summed E-state index contributed by atoms with van der Waals surface area (Å²) in [6, 6.07) is 7.83. The van der Waals surface area contributed by atoms with E-state index in [0.29, 0.717) is 22.5 Å². The highest BCUT2D eigenvalue weighted by Gasteiger charge is 2.40. The number of aromatic nitrogens is 1. The molecule has 1 aromatic carbocycles. The third-order valence-electron chi connectivity index (χ3n) is 4.93. The van der Waals surface area contributed by atoms with Crippen LogP contribution < -0.4 is 5.32 Å². The van der Waals surface area contributed by atoms with Gasteiger partial charge in [0.1, 0.15) is 11.2 Å². The highest BCUT2D eigenvalue weighted by molar-refractivity contribution is 6.02. The van der Waals surface area contributed by atoms with Gasteiger partial charge in [-0.2, -0.15) is 0 Å². The Kier molecular flexibility index (Phi) is 5.78. The number of dihydropyridines is 1. The van der Waals surface area contributed by atoms with Gasteiger partial charge in [0.25, 0.3) is 0 Å². The van der Waals surface area contributed by atoms with Gasteiger partial charge in [0, 0.05) is 28.5 Å². The van der Waals surface area contributed by atoms with Gasteiger partial charge >= 0.3 is 11.9 Å². The Bertz CT molecular complexity index is 1040. The van der Waals surface area contributed by atoms with Gasteiger partial charge in [-0.3, -0.25) is 0 Å². The molecule has 0 bridgehead atoms. The largest absolute Gasteiger partial charge is 0.457 e. The average Bonchev–Trinajstić information content (AvgIpc) is 3.01. The number of carbonyl (C=O) groups excluding carboxylic acids is 2. The normalized spacial score (nSPS) is 15.9. The Morgan fingerprint density at radius 1 is 0.839 bits per heavy atom. The summed E-state index contributed by atoms with van der Waals surface area (Å²) in [7, 11) is 0.